The lowest BCUT2D eigenvalue weighted by molar-refractivity contribution is -0.135. The highest BCUT2D eigenvalue weighted by molar-refractivity contribution is 5.78. The second-order valence-corrected chi connectivity index (χ2v) is 4.80. The lowest BCUT2D eigenvalue weighted by Crippen LogP contribution is -2.27. The van der Waals surface area contributed by atoms with Crippen LogP contribution < -0.4 is 15.0 Å². The third kappa shape index (κ3) is 3.06. The summed E-state index contributed by atoms with van der Waals surface area (Å²) in [4.78, 5) is 28.3. The van der Waals surface area contributed by atoms with E-state index in [-0.39, 0.29) is 12.1 Å². The maximum Gasteiger partial charge on any atom is 0.331 e. The van der Waals surface area contributed by atoms with Crippen molar-refractivity contribution >= 4 is 17.0 Å². The number of nitrogens with zero attached hydrogens (tertiary/aromatic N) is 2. The molecule has 0 saturated heterocycles. The molecule has 0 atom stereocenters. The number of methoxy groups -OCH3 is 1. The zero-order valence-electron chi connectivity index (χ0n) is 12.4. The van der Waals surface area contributed by atoms with Crippen LogP contribution in [0.2, 0.25) is 0 Å². The van der Waals surface area contributed by atoms with Crippen LogP contribution in [0.4, 0.5) is 0 Å². The van der Waals surface area contributed by atoms with Crippen molar-refractivity contribution in [3.63, 3.8) is 0 Å². The van der Waals surface area contributed by atoms with Gasteiger partial charge >= 0.3 is 5.97 Å². The molecule has 0 aliphatic carbocycles. The van der Waals surface area contributed by atoms with E-state index < -0.39 is 5.97 Å². The van der Waals surface area contributed by atoms with Crippen LogP contribution in [-0.2, 0) is 11.3 Å². The summed E-state index contributed by atoms with van der Waals surface area (Å²) in [6.45, 7) is -0.208. The summed E-state index contributed by atoms with van der Waals surface area (Å²) in [7, 11) is 1.49. The van der Waals surface area contributed by atoms with E-state index in [1.807, 2.05) is 6.07 Å². The molecule has 0 fully saturated rings. The lowest BCUT2D eigenvalue weighted by Gasteiger charge is -2.11. The van der Waals surface area contributed by atoms with Gasteiger partial charge in [0.1, 0.15) is 6.54 Å². The first-order chi connectivity index (χ1) is 11.2. The highest BCUT2D eigenvalue weighted by Gasteiger charge is 2.13. The molecule has 23 heavy (non-hydrogen) atoms. The van der Waals surface area contributed by atoms with Gasteiger partial charge in [-0.15, -0.1) is 0 Å². The van der Waals surface area contributed by atoms with Crippen LogP contribution in [-0.4, -0.2) is 22.6 Å². The van der Waals surface area contributed by atoms with Gasteiger partial charge in [-0.25, -0.2) is 9.78 Å². The van der Waals surface area contributed by atoms with Gasteiger partial charge in [0, 0.05) is 0 Å². The Balaban J connectivity index is 1.89. The molecule has 0 aliphatic rings. The second kappa shape index (κ2) is 6.31. The van der Waals surface area contributed by atoms with Crippen molar-refractivity contribution < 1.29 is 14.3 Å². The summed E-state index contributed by atoms with van der Waals surface area (Å²) < 4.78 is 11.8. The Morgan fingerprint density at radius 3 is 2.57 bits per heavy atom. The smallest absolute Gasteiger partial charge is 0.331 e. The molecule has 116 valence electrons. The molecule has 3 aromatic rings. The number of benzene rings is 2. The van der Waals surface area contributed by atoms with Gasteiger partial charge in [0.05, 0.1) is 24.3 Å². The fourth-order valence-corrected chi connectivity index (χ4v) is 2.26. The standard InChI is InChI=1S/C17H14N2O4/c1-22-14-8-4-5-9-15(14)23-17(21)11-19-13-7-3-2-6-12(13)18-10-16(19)20/h2-10H,11H2,1H3. The normalized spacial score (nSPS) is 10.5. The molecule has 1 aromatic heterocycles. The minimum atomic E-state index is -0.562. The Hall–Kier alpha value is -3.15. The van der Waals surface area contributed by atoms with E-state index in [0.717, 1.165) is 0 Å². The van der Waals surface area contributed by atoms with Crippen molar-refractivity contribution in [3.05, 3.63) is 65.1 Å². The van der Waals surface area contributed by atoms with Crippen LogP contribution in [0.25, 0.3) is 11.0 Å². The first-order valence-electron chi connectivity index (χ1n) is 6.97. The van der Waals surface area contributed by atoms with Crippen molar-refractivity contribution in [2.75, 3.05) is 7.11 Å². The molecule has 0 radical (unpaired) electrons. The predicted molar refractivity (Wildman–Crippen MR) is 84.6 cm³/mol. The van der Waals surface area contributed by atoms with Gasteiger partial charge in [-0.1, -0.05) is 24.3 Å². The second-order valence-electron chi connectivity index (χ2n) is 4.80. The third-order valence-electron chi connectivity index (χ3n) is 3.33. The van der Waals surface area contributed by atoms with Crippen molar-refractivity contribution in [3.8, 4) is 11.5 Å². The number of hydrogen-bond donors (Lipinski definition) is 0. The number of fused-ring (bicyclic) bond motifs is 1. The average Bonchev–Trinajstić information content (AvgIpc) is 2.58. The molecule has 3 rings (SSSR count). The number of esters is 1. The van der Waals surface area contributed by atoms with Gasteiger partial charge in [0.25, 0.3) is 5.56 Å². The molecule has 6 heteroatoms. The van der Waals surface area contributed by atoms with Crippen LogP contribution in [0.1, 0.15) is 0 Å². The van der Waals surface area contributed by atoms with Gasteiger partial charge in [-0.05, 0) is 24.3 Å². The molecule has 0 aliphatic heterocycles. The van der Waals surface area contributed by atoms with Crippen LogP contribution in [0.3, 0.4) is 0 Å². The van der Waals surface area contributed by atoms with Crippen molar-refractivity contribution in [2.24, 2.45) is 0 Å². The molecule has 0 N–H and O–H groups in total. The number of hydrogen-bond acceptors (Lipinski definition) is 5. The fraction of sp³-hybridized carbons (Fsp3) is 0.118. The quantitative estimate of drug-likeness (QED) is 0.544. The van der Waals surface area contributed by atoms with E-state index in [0.29, 0.717) is 22.5 Å². The topological polar surface area (TPSA) is 70.4 Å². The van der Waals surface area contributed by atoms with Crippen molar-refractivity contribution in [1.82, 2.24) is 9.55 Å². The molecule has 2 aromatic carbocycles. The zero-order valence-corrected chi connectivity index (χ0v) is 12.4. The molecule has 0 unspecified atom stereocenters. The molecule has 0 bridgehead atoms. The largest absolute Gasteiger partial charge is 0.493 e. The van der Waals surface area contributed by atoms with Crippen LogP contribution in [0, 0.1) is 0 Å². The van der Waals surface area contributed by atoms with Gasteiger partial charge in [-0.2, -0.15) is 0 Å². The minimum absolute atomic E-state index is 0.208. The van der Waals surface area contributed by atoms with Gasteiger partial charge in [-0.3, -0.25) is 9.36 Å². The van der Waals surface area contributed by atoms with E-state index in [2.05, 4.69) is 4.98 Å². The Morgan fingerprint density at radius 1 is 1.09 bits per heavy atom. The van der Waals surface area contributed by atoms with E-state index in [1.165, 1.54) is 17.9 Å². The Bertz CT molecular complexity index is 918. The first-order valence-corrected chi connectivity index (χ1v) is 6.97. The Kier molecular flexibility index (Phi) is 4.05. The molecule has 0 saturated carbocycles. The third-order valence-corrected chi connectivity index (χ3v) is 3.33. The van der Waals surface area contributed by atoms with Gasteiger partial charge < -0.3 is 9.47 Å². The SMILES string of the molecule is COc1ccccc1OC(=O)Cn1c(=O)cnc2ccccc21. The average molecular weight is 310 g/mol. The summed E-state index contributed by atoms with van der Waals surface area (Å²) in [5, 5.41) is 0. The maximum atomic E-state index is 12.2. The number of aromatic nitrogens is 2. The Morgan fingerprint density at radius 2 is 1.78 bits per heavy atom. The maximum absolute atomic E-state index is 12.2. The van der Waals surface area contributed by atoms with Crippen LogP contribution >= 0.6 is 0 Å². The minimum Gasteiger partial charge on any atom is -0.493 e. The summed E-state index contributed by atoms with van der Waals surface area (Å²) in [5.74, 6) is 0.201. The van der Waals surface area contributed by atoms with Crippen molar-refractivity contribution in [1.29, 1.82) is 0 Å². The monoisotopic (exact) mass is 310 g/mol. The van der Waals surface area contributed by atoms with E-state index in [1.54, 1.807) is 42.5 Å². The summed E-state index contributed by atoms with van der Waals surface area (Å²) in [6, 6.07) is 13.9. The van der Waals surface area contributed by atoms with Crippen LogP contribution in [0.5, 0.6) is 11.5 Å². The van der Waals surface area contributed by atoms with Crippen LogP contribution in [0.15, 0.2) is 59.5 Å². The number of para-hydroxylation sites is 4. The Labute approximate surface area is 131 Å². The lowest BCUT2D eigenvalue weighted by atomic mass is 10.3. The van der Waals surface area contributed by atoms with Gasteiger partial charge in [0.2, 0.25) is 0 Å². The first kappa shape index (κ1) is 14.8. The molecule has 6 nitrogen and oxygen atoms in total. The van der Waals surface area contributed by atoms with Crippen molar-refractivity contribution in [2.45, 2.75) is 6.54 Å². The highest BCUT2D eigenvalue weighted by atomic mass is 16.6. The predicted octanol–water partition coefficient (Wildman–Crippen LogP) is 2.01. The van der Waals surface area contributed by atoms with E-state index in [9.17, 15) is 9.59 Å². The van der Waals surface area contributed by atoms with E-state index in [4.69, 9.17) is 9.47 Å². The summed E-state index contributed by atoms with van der Waals surface area (Å²) in [5.41, 5.74) is 0.856. The zero-order chi connectivity index (χ0) is 16.2. The molecule has 0 spiro atoms. The number of rotatable bonds is 4. The summed E-state index contributed by atoms with van der Waals surface area (Å²) in [6.07, 6.45) is 1.19. The number of carbonyl (C=O) groups excluding carboxylic acids is 1. The van der Waals surface area contributed by atoms with Gasteiger partial charge in [0.15, 0.2) is 11.5 Å². The molecule has 1 heterocycles. The number of carbonyl (C=O) groups is 1. The molecular weight excluding hydrogens is 296 g/mol. The highest BCUT2D eigenvalue weighted by Crippen LogP contribution is 2.25. The number of ether oxygens (including phenoxy) is 2. The summed E-state index contributed by atoms with van der Waals surface area (Å²) >= 11 is 0. The molecular formula is C17H14N2O4. The molecule has 0 amide bonds. The fourth-order valence-electron chi connectivity index (χ4n) is 2.26. The van der Waals surface area contributed by atoms with E-state index >= 15 is 0 Å².